The number of hydrogen-bond donors (Lipinski definition) is 1. The van der Waals surface area contributed by atoms with Crippen molar-refractivity contribution in [2.45, 2.75) is 13.1 Å². The Balaban J connectivity index is 2.04. The van der Waals surface area contributed by atoms with Crippen LogP contribution >= 0.6 is 11.3 Å². The zero-order valence-electron chi connectivity index (χ0n) is 9.34. The molecule has 1 aromatic carbocycles. The quantitative estimate of drug-likeness (QED) is 0.768. The molecule has 2 N–H and O–H groups in total. The monoisotopic (exact) mass is 243 g/mol. The topological polar surface area (TPSA) is 43.8 Å². The fourth-order valence-electron chi connectivity index (χ4n) is 1.98. The van der Waals surface area contributed by atoms with Crippen LogP contribution in [0.5, 0.6) is 0 Å². The molecule has 0 radical (unpaired) electrons. The van der Waals surface area contributed by atoms with Crippen LogP contribution in [0.4, 0.5) is 0 Å². The average Bonchev–Trinajstić information content (AvgIpc) is 2.99. The molecule has 0 atom stereocenters. The van der Waals surface area contributed by atoms with Crippen molar-refractivity contribution in [3.05, 3.63) is 52.6 Å². The standard InChI is InChI=1S/C13H13N3S/c14-6-10-1-2-11-3-4-16(13(11)5-10)8-12-7-15-9-17-12/h1-5,7,9H,6,8,14H2. The summed E-state index contributed by atoms with van der Waals surface area (Å²) in [5, 5.41) is 1.26. The van der Waals surface area contributed by atoms with Crippen molar-refractivity contribution in [1.82, 2.24) is 9.55 Å². The summed E-state index contributed by atoms with van der Waals surface area (Å²) in [7, 11) is 0. The molecule has 0 fully saturated rings. The normalized spacial score (nSPS) is 11.1. The summed E-state index contributed by atoms with van der Waals surface area (Å²) in [5.74, 6) is 0. The van der Waals surface area contributed by atoms with Crippen LogP contribution in [-0.4, -0.2) is 9.55 Å². The van der Waals surface area contributed by atoms with Gasteiger partial charge in [0, 0.05) is 29.3 Å². The molecule has 86 valence electrons. The van der Waals surface area contributed by atoms with E-state index in [1.807, 2.05) is 11.7 Å². The van der Waals surface area contributed by atoms with Gasteiger partial charge in [-0.15, -0.1) is 11.3 Å². The molecule has 0 amide bonds. The summed E-state index contributed by atoms with van der Waals surface area (Å²) in [6, 6.07) is 8.51. The summed E-state index contributed by atoms with van der Waals surface area (Å²) in [5.41, 5.74) is 9.95. The van der Waals surface area contributed by atoms with Gasteiger partial charge in [-0.05, 0) is 23.1 Å². The molecule has 0 saturated carbocycles. The second-order valence-corrected chi connectivity index (χ2v) is 4.98. The van der Waals surface area contributed by atoms with Gasteiger partial charge in [-0.2, -0.15) is 0 Å². The lowest BCUT2D eigenvalue weighted by Gasteiger charge is -2.04. The van der Waals surface area contributed by atoms with Gasteiger partial charge in [0.1, 0.15) is 0 Å². The highest BCUT2D eigenvalue weighted by atomic mass is 32.1. The van der Waals surface area contributed by atoms with Gasteiger partial charge in [0.2, 0.25) is 0 Å². The van der Waals surface area contributed by atoms with E-state index in [9.17, 15) is 0 Å². The van der Waals surface area contributed by atoms with Crippen molar-refractivity contribution in [2.75, 3.05) is 0 Å². The molecule has 3 nitrogen and oxygen atoms in total. The minimum absolute atomic E-state index is 0.585. The van der Waals surface area contributed by atoms with E-state index in [0.717, 1.165) is 6.54 Å². The van der Waals surface area contributed by atoms with Gasteiger partial charge in [-0.1, -0.05) is 12.1 Å². The lowest BCUT2D eigenvalue weighted by molar-refractivity contribution is 0.848. The first kappa shape index (κ1) is 10.5. The van der Waals surface area contributed by atoms with Crippen LogP contribution in [0.15, 0.2) is 42.2 Å². The smallest absolute Gasteiger partial charge is 0.0794 e. The summed E-state index contributed by atoms with van der Waals surface area (Å²) >= 11 is 1.68. The average molecular weight is 243 g/mol. The Morgan fingerprint density at radius 2 is 2.24 bits per heavy atom. The van der Waals surface area contributed by atoms with Crippen LogP contribution < -0.4 is 5.73 Å². The van der Waals surface area contributed by atoms with Gasteiger partial charge in [0.25, 0.3) is 0 Å². The molecule has 0 aliphatic carbocycles. The van der Waals surface area contributed by atoms with E-state index in [1.165, 1.54) is 21.3 Å². The van der Waals surface area contributed by atoms with E-state index in [4.69, 9.17) is 5.73 Å². The van der Waals surface area contributed by atoms with Gasteiger partial charge < -0.3 is 10.3 Å². The van der Waals surface area contributed by atoms with E-state index in [1.54, 1.807) is 11.3 Å². The van der Waals surface area contributed by atoms with Crippen molar-refractivity contribution < 1.29 is 0 Å². The highest BCUT2D eigenvalue weighted by Gasteiger charge is 2.03. The predicted octanol–water partition coefficient (Wildman–Crippen LogP) is 2.60. The molecule has 2 aromatic heterocycles. The summed E-state index contributed by atoms with van der Waals surface area (Å²) in [6.07, 6.45) is 4.04. The first-order valence-corrected chi connectivity index (χ1v) is 6.40. The predicted molar refractivity (Wildman–Crippen MR) is 71.0 cm³/mol. The molecule has 3 aromatic rings. The van der Waals surface area contributed by atoms with E-state index >= 15 is 0 Å². The third-order valence-corrected chi connectivity index (χ3v) is 3.65. The highest BCUT2D eigenvalue weighted by molar-refractivity contribution is 7.09. The number of benzene rings is 1. The SMILES string of the molecule is NCc1ccc2ccn(Cc3cncs3)c2c1. The zero-order chi connectivity index (χ0) is 11.7. The van der Waals surface area contributed by atoms with Crippen molar-refractivity contribution >= 4 is 22.2 Å². The number of hydrogen-bond acceptors (Lipinski definition) is 3. The molecule has 0 spiro atoms. The maximum absolute atomic E-state index is 5.68. The minimum Gasteiger partial charge on any atom is -0.342 e. The number of nitrogens with two attached hydrogens (primary N) is 1. The number of nitrogens with zero attached hydrogens (tertiary/aromatic N) is 2. The Kier molecular flexibility index (Phi) is 2.66. The number of thiazole rings is 1. The largest absolute Gasteiger partial charge is 0.342 e. The fourth-order valence-corrected chi connectivity index (χ4v) is 2.57. The first-order valence-electron chi connectivity index (χ1n) is 5.52. The van der Waals surface area contributed by atoms with E-state index < -0.39 is 0 Å². The molecule has 2 heterocycles. The van der Waals surface area contributed by atoms with Gasteiger partial charge in [0.15, 0.2) is 0 Å². The molecule has 0 aliphatic heterocycles. The molecule has 0 bridgehead atoms. The van der Waals surface area contributed by atoms with Gasteiger partial charge in [-0.3, -0.25) is 4.98 Å². The van der Waals surface area contributed by atoms with Crippen LogP contribution in [0.3, 0.4) is 0 Å². The number of fused-ring (bicyclic) bond motifs is 1. The summed E-state index contributed by atoms with van der Waals surface area (Å²) in [6.45, 7) is 1.46. The van der Waals surface area contributed by atoms with Gasteiger partial charge in [-0.25, -0.2) is 0 Å². The van der Waals surface area contributed by atoms with Crippen molar-refractivity contribution in [3.63, 3.8) is 0 Å². The van der Waals surface area contributed by atoms with Crippen molar-refractivity contribution in [2.24, 2.45) is 5.73 Å². The van der Waals surface area contributed by atoms with Gasteiger partial charge in [0.05, 0.1) is 12.1 Å². The van der Waals surface area contributed by atoms with Crippen LogP contribution in [0, 0.1) is 0 Å². The lowest BCUT2D eigenvalue weighted by atomic mass is 10.1. The zero-order valence-corrected chi connectivity index (χ0v) is 10.2. The Labute approximate surface area is 104 Å². The number of aromatic nitrogens is 2. The maximum atomic E-state index is 5.68. The Morgan fingerprint density at radius 3 is 3.00 bits per heavy atom. The van der Waals surface area contributed by atoms with E-state index in [2.05, 4.69) is 40.0 Å². The molecule has 0 unspecified atom stereocenters. The second kappa shape index (κ2) is 4.31. The molecule has 4 heteroatoms. The molecular weight excluding hydrogens is 230 g/mol. The summed E-state index contributed by atoms with van der Waals surface area (Å²) < 4.78 is 2.24. The van der Waals surface area contributed by atoms with E-state index in [-0.39, 0.29) is 0 Å². The Morgan fingerprint density at radius 1 is 1.29 bits per heavy atom. The summed E-state index contributed by atoms with van der Waals surface area (Å²) in [4.78, 5) is 5.37. The Bertz CT molecular complexity index is 625. The fraction of sp³-hybridized carbons (Fsp3) is 0.154. The lowest BCUT2D eigenvalue weighted by Crippen LogP contribution is -1.98. The molecular formula is C13H13N3S. The van der Waals surface area contributed by atoms with Gasteiger partial charge >= 0.3 is 0 Å². The van der Waals surface area contributed by atoms with E-state index in [0.29, 0.717) is 6.54 Å². The molecule has 17 heavy (non-hydrogen) atoms. The Hall–Kier alpha value is -1.65. The van der Waals surface area contributed by atoms with Crippen LogP contribution in [0.2, 0.25) is 0 Å². The molecule has 0 saturated heterocycles. The minimum atomic E-state index is 0.585. The van der Waals surface area contributed by atoms with Crippen LogP contribution in [-0.2, 0) is 13.1 Å². The maximum Gasteiger partial charge on any atom is 0.0794 e. The molecule has 3 rings (SSSR count). The second-order valence-electron chi connectivity index (χ2n) is 4.01. The van der Waals surface area contributed by atoms with Crippen LogP contribution in [0.1, 0.15) is 10.4 Å². The molecule has 0 aliphatic rings. The third kappa shape index (κ3) is 1.97. The highest BCUT2D eigenvalue weighted by Crippen LogP contribution is 2.19. The number of rotatable bonds is 3. The van der Waals surface area contributed by atoms with Crippen LogP contribution in [0.25, 0.3) is 10.9 Å². The van der Waals surface area contributed by atoms with Crippen molar-refractivity contribution in [1.29, 1.82) is 0 Å². The van der Waals surface area contributed by atoms with Crippen molar-refractivity contribution in [3.8, 4) is 0 Å². The first-order chi connectivity index (χ1) is 8.36. The third-order valence-electron chi connectivity index (χ3n) is 2.88.